The van der Waals surface area contributed by atoms with Gasteiger partial charge >= 0.3 is 12.0 Å². The Morgan fingerprint density at radius 3 is 2.73 bits per heavy atom. The summed E-state index contributed by atoms with van der Waals surface area (Å²) in [6.45, 7) is 4.61. The number of nitrogens with zero attached hydrogens (tertiary/aromatic N) is 1. The van der Waals surface area contributed by atoms with Crippen LogP contribution in [0, 0.1) is 12.8 Å². The molecule has 7 nitrogen and oxygen atoms in total. The third kappa shape index (κ3) is 2.38. The lowest BCUT2D eigenvalue weighted by Crippen LogP contribution is -2.67. The zero-order chi connectivity index (χ0) is 18.4. The van der Waals surface area contributed by atoms with Crippen LogP contribution >= 0.6 is 0 Å². The van der Waals surface area contributed by atoms with Gasteiger partial charge in [0.05, 0.1) is 17.2 Å². The fraction of sp³-hybridized carbons (Fsp3) is 0.421. The second kappa shape index (κ2) is 6.16. The summed E-state index contributed by atoms with van der Waals surface area (Å²) >= 11 is 0. The van der Waals surface area contributed by atoms with Crippen LogP contribution in [0.15, 0.2) is 35.5 Å². The summed E-state index contributed by atoms with van der Waals surface area (Å²) in [6, 6.07) is 7.32. The number of carbonyl (C=O) groups excluding carboxylic acids is 3. The maximum atomic E-state index is 12.8. The highest BCUT2D eigenvalue weighted by Gasteiger charge is 2.53. The van der Waals surface area contributed by atoms with Gasteiger partial charge in [-0.25, -0.2) is 9.59 Å². The molecule has 0 spiro atoms. The van der Waals surface area contributed by atoms with Crippen LogP contribution in [-0.4, -0.2) is 42.1 Å². The topological polar surface area (TPSA) is 87.7 Å². The number of aryl methyl sites for hydroxylation is 1. The third-order valence-corrected chi connectivity index (χ3v) is 5.34. The van der Waals surface area contributed by atoms with Crippen LogP contribution in [0.4, 0.5) is 4.79 Å². The van der Waals surface area contributed by atoms with Crippen molar-refractivity contribution in [3.8, 4) is 0 Å². The van der Waals surface area contributed by atoms with Crippen molar-refractivity contribution in [1.29, 1.82) is 0 Å². The van der Waals surface area contributed by atoms with Crippen LogP contribution in [-0.2, 0) is 14.3 Å². The van der Waals surface area contributed by atoms with Crippen molar-refractivity contribution < 1.29 is 19.1 Å². The molecule has 0 aliphatic carbocycles. The number of carbonyl (C=O) groups is 3. The summed E-state index contributed by atoms with van der Waals surface area (Å²) in [5.74, 6) is -1.80. The number of nitrogens with one attached hydrogen (secondary N) is 2. The standard InChI is InChI=1S/C19H21N3O4/c1-3-8-22-16-15(17(23)21-19(22)25)13(11-7-5-4-6-10(11)2)14-12(20-16)9-26-18(14)24/h4-7,13,15-16,20H,3,8-9H2,1-2H3,(H,21,23,25). The van der Waals surface area contributed by atoms with E-state index in [0.29, 0.717) is 17.8 Å². The van der Waals surface area contributed by atoms with Gasteiger partial charge in [0.2, 0.25) is 5.91 Å². The molecule has 3 aliphatic rings. The van der Waals surface area contributed by atoms with Crippen molar-refractivity contribution >= 4 is 17.9 Å². The summed E-state index contributed by atoms with van der Waals surface area (Å²) in [5.41, 5.74) is 3.09. The molecule has 0 bridgehead atoms. The molecule has 1 aromatic carbocycles. The molecule has 136 valence electrons. The molecule has 3 amide bonds. The van der Waals surface area contributed by atoms with Crippen molar-refractivity contribution in [2.45, 2.75) is 32.4 Å². The fourth-order valence-electron chi connectivity index (χ4n) is 4.20. The van der Waals surface area contributed by atoms with Crippen LogP contribution < -0.4 is 10.6 Å². The first-order valence-electron chi connectivity index (χ1n) is 8.86. The van der Waals surface area contributed by atoms with Crippen molar-refractivity contribution in [3.63, 3.8) is 0 Å². The Kier molecular flexibility index (Phi) is 3.94. The molecule has 3 unspecified atom stereocenters. The molecule has 4 rings (SSSR count). The molecular formula is C19H21N3O4. The minimum Gasteiger partial charge on any atom is -0.456 e. The van der Waals surface area contributed by atoms with Gasteiger partial charge in [-0.3, -0.25) is 10.1 Å². The molecular weight excluding hydrogens is 334 g/mol. The third-order valence-electron chi connectivity index (χ3n) is 5.34. The summed E-state index contributed by atoms with van der Waals surface area (Å²) in [5, 5.41) is 5.70. The number of urea groups is 1. The Morgan fingerprint density at radius 2 is 2.00 bits per heavy atom. The van der Waals surface area contributed by atoms with Crippen LogP contribution in [0.2, 0.25) is 0 Å². The number of esters is 1. The van der Waals surface area contributed by atoms with Gasteiger partial charge in [0, 0.05) is 12.5 Å². The molecule has 0 aromatic heterocycles. The Morgan fingerprint density at radius 1 is 1.23 bits per heavy atom. The molecule has 2 N–H and O–H groups in total. The monoisotopic (exact) mass is 355 g/mol. The summed E-state index contributed by atoms with van der Waals surface area (Å²) in [7, 11) is 0. The van der Waals surface area contributed by atoms with Gasteiger partial charge < -0.3 is 15.0 Å². The number of imide groups is 1. The number of benzene rings is 1. The van der Waals surface area contributed by atoms with E-state index in [1.807, 2.05) is 38.1 Å². The second-order valence-electron chi connectivity index (χ2n) is 6.91. The van der Waals surface area contributed by atoms with Gasteiger partial charge in [0.25, 0.3) is 0 Å². The van der Waals surface area contributed by atoms with Gasteiger partial charge in [0.1, 0.15) is 12.8 Å². The molecule has 26 heavy (non-hydrogen) atoms. The lowest BCUT2D eigenvalue weighted by Gasteiger charge is -2.46. The summed E-state index contributed by atoms with van der Waals surface area (Å²) in [4.78, 5) is 39.2. The van der Waals surface area contributed by atoms with Crippen LogP contribution in [0.5, 0.6) is 0 Å². The van der Waals surface area contributed by atoms with E-state index >= 15 is 0 Å². The zero-order valence-corrected chi connectivity index (χ0v) is 14.7. The predicted molar refractivity (Wildman–Crippen MR) is 92.9 cm³/mol. The number of rotatable bonds is 3. The highest BCUT2D eigenvalue weighted by Crippen LogP contribution is 2.44. The van der Waals surface area contributed by atoms with E-state index in [9.17, 15) is 14.4 Å². The van der Waals surface area contributed by atoms with Crippen molar-refractivity contribution in [3.05, 3.63) is 46.7 Å². The van der Waals surface area contributed by atoms with Gasteiger partial charge in [-0.1, -0.05) is 31.2 Å². The predicted octanol–water partition coefficient (Wildman–Crippen LogP) is 1.40. The normalized spacial score (nSPS) is 27.5. The van der Waals surface area contributed by atoms with E-state index in [-0.39, 0.29) is 12.5 Å². The molecule has 7 heteroatoms. The molecule has 1 aromatic rings. The van der Waals surface area contributed by atoms with Crippen LogP contribution in [0.3, 0.4) is 0 Å². The number of hydrogen-bond acceptors (Lipinski definition) is 5. The van der Waals surface area contributed by atoms with E-state index in [2.05, 4.69) is 10.6 Å². The van der Waals surface area contributed by atoms with Crippen LogP contribution in [0.1, 0.15) is 30.4 Å². The smallest absolute Gasteiger partial charge is 0.336 e. The first-order valence-corrected chi connectivity index (χ1v) is 8.86. The number of amides is 3. The number of hydrogen-bond donors (Lipinski definition) is 2. The van der Waals surface area contributed by atoms with Crippen molar-refractivity contribution in [1.82, 2.24) is 15.5 Å². The summed E-state index contributed by atoms with van der Waals surface area (Å²) in [6.07, 6.45) is 0.275. The van der Waals surface area contributed by atoms with Gasteiger partial charge in [-0.15, -0.1) is 0 Å². The molecule has 3 atom stereocenters. The number of ether oxygens (including phenoxy) is 1. The van der Waals surface area contributed by atoms with E-state index in [1.54, 1.807) is 4.90 Å². The van der Waals surface area contributed by atoms with Gasteiger partial charge in [0.15, 0.2) is 0 Å². The quantitative estimate of drug-likeness (QED) is 0.800. The maximum absolute atomic E-state index is 12.8. The zero-order valence-electron chi connectivity index (χ0n) is 14.7. The van der Waals surface area contributed by atoms with Gasteiger partial charge in [-0.2, -0.15) is 0 Å². The first-order chi connectivity index (χ1) is 12.5. The first kappa shape index (κ1) is 16.6. The van der Waals surface area contributed by atoms with E-state index in [1.165, 1.54) is 0 Å². The minimum absolute atomic E-state index is 0.148. The van der Waals surface area contributed by atoms with Crippen molar-refractivity contribution in [2.24, 2.45) is 5.92 Å². The molecule has 3 heterocycles. The second-order valence-corrected chi connectivity index (χ2v) is 6.91. The van der Waals surface area contributed by atoms with E-state index in [0.717, 1.165) is 17.5 Å². The Bertz CT molecular complexity index is 832. The number of fused-ring (bicyclic) bond motifs is 1. The molecule has 3 aliphatic heterocycles. The van der Waals surface area contributed by atoms with Gasteiger partial charge in [-0.05, 0) is 24.5 Å². The average Bonchev–Trinajstić information content (AvgIpc) is 2.98. The Labute approximate surface area is 151 Å². The lowest BCUT2D eigenvalue weighted by atomic mass is 9.73. The largest absolute Gasteiger partial charge is 0.456 e. The van der Waals surface area contributed by atoms with E-state index < -0.39 is 30.0 Å². The lowest BCUT2D eigenvalue weighted by molar-refractivity contribution is -0.136. The fourth-order valence-corrected chi connectivity index (χ4v) is 4.20. The minimum atomic E-state index is -0.593. The maximum Gasteiger partial charge on any atom is 0.336 e. The molecule has 0 saturated carbocycles. The average molecular weight is 355 g/mol. The highest BCUT2D eigenvalue weighted by molar-refractivity contribution is 6.02. The van der Waals surface area contributed by atoms with E-state index in [4.69, 9.17) is 4.74 Å². The number of cyclic esters (lactones) is 1. The molecule has 0 radical (unpaired) electrons. The Balaban J connectivity index is 1.88. The van der Waals surface area contributed by atoms with Crippen molar-refractivity contribution in [2.75, 3.05) is 13.2 Å². The Hall–Kier alpha value is -2.83. The molecule has 1 fully saturated rings. The summed E-state index contributed by atoms with van der Waals surface area (Å²) < 4.78 is 5.24. The SMILES string of the molecule is CCCN1C(=O)NC(=O)C2C(c3ccccc3C)C3=C(COC3=O)NC21. The van der Waals surface area contributed by atoms with Crippen LogP contribution in [0.25, 0.3) is 0 Å². The molecule has 1 saturated heterocycles. The highest BCUT2D eigenvalue weighted by atomic mass is 16.5.